The first-order chi connectivity index (χ1) is 9.13. The number of nitrogens with one attached hydrogen (secondary N) is 1. The average Bonchev–Trinajstić information content (AvgIpc) is 2.85. The van der Waals surface area contributed by atoms with Crippen LogP contribution in [0, 0.1) is 11.3 Å². The molecule has 0 amide bonds. The molecule has 112 valence electrons. The Morgan fingerprint density at radius 1 is 1.32 bits per heavy atom. The normalized spacial score (nSPS) is 28.1. The summed E-state index contributed by atoms with van der Waals surface area (Å²) in [6.45, 7) is 13.8. The standard InChI is InChI=1S/C16H32N2O/c1-4-15-5-8-18(11-15)13-16(12-17-14(2)3)6-9-19-10-7-16/h14-15,17H,4-13H2,1-3H3. The van der Waals surface area contributed by atoms with Crippen molar-refractivity contribution < 1.29 is 4.74 Å². The molecule has 0 bridgehead atoms. The van der Waals surface area contributed by atoms with Crippen LogP contribution in [0.5, 0.6) is 0 Å². The first-order valence-electron chi connectivity index (χ1n) is 8.17. The maximum absolute atomic E-state index is 5.59. The Bertz CT molecular complexity index is 261. The van der Waals surface area contributed by atoms with E-state index < -0.39 is 0 Å². The van der Waals surface area contributed by atoms with Crippen molar-refractivity contribution >= 4 is 0 Å². The Morgan fingerprint density at radius 2 is 2.05 bits per heavy atom. The van der Waals surface area contributed by atoms with Gasteiger partial charge in [0.05, 0.1) is 0 Å². The van der Waals surface area contributed by atoms with Crippen LogP contribution < -0.4 is 5.32 Å². The van der Waals surface area contributed by atoms with Gasteiger partial charge >= 0.3 is 0 Å². The highest BCUT2D eigenvalue weighted by Gasteiger charge is 2.36. The molecule has 0 aliphatic carbocycles. The zero-order valence-corrected chi connectivity index (χ0v) is 13.1. The van der Waals surface area contributed by atoms with Crippen LogP contribution in [-0.4, -0.2) is 50.3 Å². The van der Waals surface area contributed by atoms with E-state index in [0.717, 1.165) is 25.7 Å². The molecule has 19 heavy (non-hydrogen) atoms. The van der Waals surface area contributed by atoms with Gasteiger partial charge in [-0.3, -0.25) is 0 Å². The largest absolute Gasteiger partial charge is 0.381 e. The highest BCUT2D eigenvalue weighted by molar-refractivity contribution is 4.89. The lowest BCUT2D eigenvalue weighted by Crippen LogP contribution is -2.48. The Hall–Kier alpha value is -0.120. The average molecular weight is 268 g/mol. The second-order valence-corrected chi connectivity index (χ2v) is 6.95. The lowest BCUT2D eigenvalue weighted by Gasteiger charge is -2.41. The maximum Gasteiger partial charge on any atom is 0.0472 e. The van der Waals surface area contributed by atoms with Gasteiger partial charge in [0.2, 0.25) is 0 Å². The molecule has 0 radical (unpaired) electrons. The van der Waals surface area contributed by atoms with Crippen molar-refractivity contribution in [2.45, 2.75) is 52.5 Å². The van der Waals surface area contributed by atoms with Crippen molar-refractivity contribution in [3.05, 3.63) is 0 Å². The number of likely N-dealkylation sites (tertiary alicyclic amines) is 1. The Kier molecular flexibility index (Phi) is 5.67. The summed E-state index contributed by atoms with van der Waals surface area (Å²) < 4.78 is 5.59. The molecule has 1 unspecified atom stereocenters. The van der Waals surface area contributed by atoms with E-state index in [-0.39, 0.29) is 0 Å². The fourth-order valence-corrected chi connectivity index (χ4v) is 3.48. The Morgan fingerprint density at radius 3 is 2.63 bits per heavy atom. The molecule has 2 aliphatic heterocycles. The van der Waals surface area contributed by atoms with Crippen LogP contribution in [0.25, 0.3) is 0 Å². The van der Waals surface area contributed by atoms with Gasteiger partial charge in [-0.25, -0.2) is 0 Å². The van der Waals surface area contributed by atoms with Gasteiger partial charge in [-0.2, -0.15) is 0 Å². The van der Waals surface area contributed by atoms with Gasteiger partial charge in [-0.15, -0.1) is 0 Å². The van der Waals surface area contributed by atoms with Crippen LogP contribution in [0.4, 0.5) is 0 Å². The quantitative estimate of drug-likeness (QED) is 0.801. The van der Waals surface area contributed by atoms with Crippen molar-refractivity contribution in [2.24, 2.45) is 11.3 Å². The summed E-state index contributed by atoms with van der Waals surface area (Å²) in [5.74, 6) is 0.940. The summed E-state index contributed by atoms with van der Waals surface area (Å²) in [6, 6.07) is 0.585. The Labute approximate surface area is 119 Å². The molecule has 0 saturated carbocycles. The second kappa shape index (κ2) is 7.05. The van der Waals surface area contributed by atoms with E-state index in [9.17, 15) is 0 Å². The number of ether oxygens (including phenoxy) is 1. The summed E-state index contributed by atoms with van der Waals surface area (Å²) >= 11 is 0. The lowest BCUT2D eigenvalue weighted by molar-refractivity contribution is -0.00230. The number of hydrogen-bond acceptors (Lipinski definition) is 3. The van der Waals surface area contributed by atoms with Crippen molar-refractivity contribution in [2.75, 3.05) is 39.4 Å². The molecule has 1 N–H and O–H groups in total. The van der Waals surface area contributed by atoms with Crippen molar-refractivity contribution in [1.29, 1.82) is 0 Å². The molecule has 3 heteroatoms. The zero-order chi connectivity index (χ0) is 13.7. The molecule has 2 fully saturated rings. The van der Waals surface area contributed by atoms with E-state index in [0.29, 0.717) is 11.5 Å². The summed E-state index contributed by atoms with van der Waals surface area (Å²) in [5, 5.41) is 3.67. The van der Waals surface area contributed by atoms with Crippen LogP contribution in [-0.2, 0) is 4.74 Å². The third kappa shape index (κ3) is 4.44. The Balaban J connectivity index is 1.89. The van der Waals surface area contributed by atoms with Gasteiger partial charge in [-0.05, 0) is 37.1 Å². The first kappa shape index (κ1) is 15.3. The topological polar surface area (TPSA) is 24.5 Å². The van der Waals surface area contributed by atoms with E-state index in [1.807, 2.05) is 0 Å². The molecular weight excluding hydrogens is 236 g/mol. The number of nitrogens with zero attached hydrogens (tertiary/aromatic N) is 1. The van der Waals surface area contributed by atoms with Crippen LogP contribution in [0.1, 0.15) is 46.5 Å². The summed E-state index contributed by atoms with van der Waals surface area (Å²) in [5.41, 5.74) is 0.450. The minimum absolute atomic E-state index is 0.450. The molecule has 0 aromatic rings. The zero-order valence-electron chi connectivity index (χ0n) is 13.1. The van der Waals surface area contributed by atoms with Crippen molar-refractivity contribution in [3.8, 4) is 0 Å². The van der Waals surface area contributed by atoms with Gasteiger partial charge in [-0.1, -0.05) is 27.2 Å². The summed E-state index contributed by atoms with van der Waals surface area (Å²) in [7, 11) is 0. The van der Waals surface area contributed by atoms with E-state index >= 15 is 0 Å². The predicted octanol–water partition coefficient (Wildman–Crippen LogP) is 2.51. The van der Waals surface area contributed by atoms with Crippen molar-refractivity contribution in [3.63, 3.8) is 0 Å². The minimum Gasteiger partial charge on any atom is -0.381 e. The van der Waals surface area contributed by atoms with Crippen LogP contribution in [0.2, 0.25) is 0 Å². The van der Waals surface area contributed by atoms with Gasteiger partial charge in [0.15, 0.2) is 0 Å². The smallest absolute Gasteiger partial charge is 0.0472 e. The van der Waals surface area contributed by atoms with Gasteiger partial charge in [0.25, 0.3) is 0 Å². The highest BCUT2D eigenvalue weighted by atomic mass is 16.5. The lowest BCUT2D eigenvalue weighted by atomic mass is 9.79. The van der Waals surface area contributed by atoms with E-state index in [2.05, 4.69) is 31.0 Å². The molecule has 2 heterocycles. The van der Waals surface area contributed by atoms with Crippen LogP contribution in [0.15, 0.2) is 0 Å². The fourth-order valence-electron chi connectivity index (χ4n) is 3.48. The molecule has 3 nitrogen and oxygen atoms in total. The molecular formula is C16H32N2O. The predicted molar refractivity (Wildman–Crippen MR) is 80.5 cm³/mol. The van der Waals surface area contributed by atoms with E-state index in [4.69, 9.17) is 4.74 Å². The third-order valence-corrected chi connectivity index (χ3v) is 4.95. The van der Waals surface area contributed by atoms with Crippen molar-refractivity contribution in [1.82, 2.24) is 10.2 Å². The van der Waals surface area contributed by atoms with Gasteiger partial charge in [0.1, 0.15) is 0 Å². The highest BCUT2D eigenvalue weighted by Crippen LogP contribution is 2.33. The molecule has 2 saturated heterocycles. The van der Waals surface area contributed by atoms with Crippen LogP contribution in [0.3, 0.4) is 0 Å². The third-order valence-electron chi connectivity index (χ3n) is 4.95. The maximum atomic E-state index is 5.59. The number of rotatable bonds is 6. The molecule has 0 aromatic carbocycles. The molecule has 2 rings (SSSR count). The summed E-state index contributed by atoms with van der Waals surface area (Å²) in [4.78, 5) is 2.71. The van der Waals surface area contributed by atoms with Crippen LogP contribution >= 0.6 is 0 Å². The van der Waals surface area contributed by atoms with Gasteiger partial charge < -0.3 is 15.0 Å². The SMILES string of the molecule is CCC1CCN(CC2(CNC(C)C)CCOCC2)C1. The molecule has 2 aliphatic rings. The second-order valence-electron chi connectivity index (χ2n) is 6.95. The summed E-state index contributed by atoms with van der Waals surface area (Å²) in [6.07, 6.45) is 5.19. The monoisotopic (exact) mass is 268 g/mol. The first-order valence-corrected chi connectivity index (χ1v) is 8.17. The minimum atomic E-state index is 0.450. The molecule has 0 spiro atoms. The fraction of sp³-hybridized carbons (Fsp3) is 1.00. The number of hydrogen-bond donors (Lipinski definition) is 1. The molecule has 1 atom stereocenters. The molecule has 0 aromatic heterocycles. The van der Waals surface area contributed by atoms with Gasteiger partial charge in [0, 0.05) is 38.9 Å². The van der Waals surface area contributed by atoms with E-state index in [1.54, 1.807) is 0 Å². The van der Waals surface area contributed by atoms with E-state index in [1.165, 1.54) is 45.3 Å².